The first-order chi connectivity index (χ1) is 30.0. The van der Waals surface area contributed by atoms with Crippen molar-refractivity contribution in [3.63, 3.8) is 0 Å². The largest absolute Gasteiger partial charge is 0.456 e. The lowest BCUT2D eigenvalue weighted by Crippen LogP contribution is -2.16. The van der Waals surface area contributed by atoms with Crippen LogP contribution in [0.15, 0.2) is 199 Å². The molecule has 0 amide bonds. The van der Waals surface area contributed by atoms with Crippen molar-refractivity contribution < 1.29 is 4.42 Å². The second kappa shape index (κ2) is 13.3. The molecule has 11 aromatic rings. The van der Waals surface area contributed by atoms with Gasteiger partial charge in [0.05, 0.1) is 11.6 Å². The number of para-hydroxylation sites is 1. The maximum atomic E-state index is 9.78. The topological polar surface area (TPSA) is 40.2 Å². The van der Waals surface area contributed by atoms with Crippen LogP contribution in [-0.4, -0.2) is 0 Å². The van der Waals surface area contributed by atoms with E-state index in [-0.39, 0.29) is 5.41 Å². The minimum absolute atomic E-state index is 0.284. The molecule has 61 heavy (non-hydrogen) atoms. The van der Waals surface area contributed by atoms with Crippen LogP contribution in [0.2, 0.25) is 0 Å². The second-order valence-corrected chi connectivity index (χ2v) is 16.8. The second-order valence-electron chi connectivity index (χ2n) is 16.8. The van der Waals surface area contributed by atoms with Crippen LogP contribution in [0.25, 0.3) is 87.6 Å². The number of hydrogen-bond donors (Lipinski definition) is 0. The lowest BCUT2D eigenvalue weighted by atomic mass is 9.82. The van der Waals surface area contributed by atoms with Gasteiger partial charge in [-0.3, -0.25) is 0 Å². The van der Waals surface area contributed by atoms with E-state index in [1.807, 2.05) is 18.2 Å². The number of anilines is 3. The molecular weight excluding hydrogens is 741 g/mol. The fraction of sp³-hybridized carbons (Fsp3) is 0.0517. The quantitative estimate of drug-likeness (QED) is 0.163. The zero-order valence-corrected chi connectivity index (χ0v) is 33.8. The maximum absolute atomic E-state index is 9.78. The molecule has 286 valence electrons. The lowest BCUT2D eigenvalue weighted by Gasteiger charge is -2.28. The Bertz CT molecular complexity index is 3580. The van der Waals surface area contributed by atoms with E-state index in [9.17, 15) is 5.26 Å². The highest BCUT2D eigenvalue weighted by atomic mass is 16.3. The first-order valence-corrected chi connectivity index (χ1v) is 20.9. The molecule has 0 fully saturated rings. The Labute approximate surface area is 354 Å². The van der Waals surface area contributed by atoms with Gasteiger partial charge in [-0.1, -0.05) is 147 Å². The van der Waals surface area contributed by atoms with Crippen LogP contribution in [0.3, 0.4) is 0 Å². The number of benzene rings is 10. The number of rotatable bonds is 5. The van der Waals surface area contributed by atoms with E-state index in [1.54, 1.807) is 0 Å². The highest BCUT2D eigenvalue weighted by Gasteiger charge is 2.36. The number of nitrogens with zero attached hydrogens (tertiary/aromatic N) is 2. The van der Waals surface area contributed by atoms with Gasteiger partial charge in [0.15, 0.2) is 0 Å². The summed E-state index contributed by atoms with van der Waals surface area (Å²) in [4.78, 5) is 2.37. The molecule has 10 aromatic carbocycles. The van der Waals surface area contributed by atoms with Crippen molar-refractivity contribution in [2.75, 3.05) is 4.90 Å². The van der Waals surface area contributed by atoms with Gasteiger partial charge in [0.25, 0.3) is 0 Å². The van der Waals surface area contributed by atoms with E-state index in [4.69, 9.17) is 4.42 Å². The van der Waals surface area contributed by atoms with Crippen LogP contribution < -0.4 is 4.90 Å². The lowest BCUT2D eigenvalue weighted by molar-refractivity contribution is 0.660. The molecule has 0 saturated carbocycles. The average molecular weight is 779 g/mol. The number of nitriles is 1. The van der Waals surface area contributed by atoms with Gasteiger partial charge in [-0.2, -0.15) is 5.26 Å². The van der Waals surface area contributed by atoms with Crippen LogP contribution in [0.1, 0.15) is 30.5 Å². The molecule has 0 N–H and O–H groups in total. The molecule has 1 aromatic heterocycles. The van der Waals surface area contributed by atoms with Gasteiger partial charge in [-0.25, -0.2) is 0 Å². The molecular formula is C58H38N2O. The molecule has 0 saturated heterocycles. The predicted octanol–water partition coefficient (Wildman–Crippen LogP) is 16.0. The van der Waals surface area contributed by atoms with E-state index in [2.05, 4.69) is 201 Å². The van der Waals surface area contributed by atoms with Gasteiger partial charge in [-0.15, -0.1) is 0 Å². The Morgan fingerprint density at radius 1 is 0.426 bits per heavy atom. The molecule has 0 bridgehead atoms. The highest BCUT2D eigenvalue weighted by Crippen LogP contribution is 2.52. The van der Waals surface area contributed by atoms with Gasteiger partial charge in [0, 0.05) is 33.2 Å². The summed E-state index contributed by atoms with van der Waals surface area (Å²) in [5.41, 5.74) is 15.1. The first kappa shape index (κ1) is 35.1. The van der Waals surface area contributed by atoms with Crippen molar-refractivity contribution in [1.82, 2.24) is 0 Å². The van der Waals surface area contributed by atoms with E-state index < -0.39 is 0 Å². The molecule has 3 nitrogen and oxygen atoms in total. The summed E-state index contributed by atoms with van der Waals surface area (Å²) in [6.07, 6.45) is 0. The first-order valence-electron chi connectivity index (χ1n) is 20.9. The molecule has 1 heterocycles. The standard InChI is InChI=1S/C58H38N2O/c1-58(2)52-32-36(35-59)22-29-43(52)44-30-27-41(34-53(44)58)60(40-28-31-55-51(33-40)45-15-9-10-21-54(45)61-55)39-25-23-38(24-26-39)56-47-16-5-7-18-49(47)57(50-19-8-6-17-48(50)56)46-20-11-13-37-12-3-4-14-42(37)46/h3-34H,1-2H3. The smallest absolute Gasteiger partial charge is 0.135 e. The van der Waals surface area contributed by atoms with Crippen molar-refractivity contribution in [2.24, 2.45) is 0 Å². The minimum Gasteiger partial charge on any atom is -0.456 e. The fourth-order valence-electron chi connectivity index (χ4n) is 10.2. The highest BCUT2D eigenvalue weighted by molar-refractivity contribution is 6.23. The maximum Gasteiger partial charge on any atom is 0.135 e. The molecule has 0 atom stereocenters. The number of furan rings is 1. The van der Waals surface area contributed by atoms with Gasteiger partial charge < -0.3 is 9.32 Å². The summed E-state index contributed by atoms with van der Waals surface area (Å²) in [7, 11) is 0. The Balaban J connectivity index is 1.05. The summed E-state index contributed by atoms with van der Waals surface area (Å²) in [6, 6.07) is 72.3. The number of hydrogen-bond acceptors (Lipinski definition) is 3. The molecule has 0 spiro atoms. The minimum atomic E-state index is -0.284. The average Bonchev–Trinajstić information content (AvgIpc) is 3.79. The van der Waals surface area contributed by atoms with E-state index in [0.29, 0.717) is 5.56 Å². The summed E-state index contributed by atoms with van der Waals surface area (Å²) < 4.78 is 6.29. The summed E-state index contributed by atoms with van der Waals surface area (Å²) in [5.74, 6) is 0. The van der Waals surface area contributed by atoms with Gasteiger partial charge in [0.1, 0.15) is 11.2 Å². The third-order valence-electron chi connectivity index (χ3n) is 13.1. The van der Waals surface area contributed by atoms with Crippen molar-refractivity contribution in [1.29, 1.82) is 5.26 Å². The third-order valence-corrected chi connectivity index (χ3v) is 13.1. The number of fused-ring (bicyclic) bond motifs is 9. The molecule has 3 heteroatoms. The molecule has 1 aliphatic rings. The molecule has 1 aliphatic carbocycles. The van der Waals surface area contributed by atoms with E-state index >= 15 is 0 Å². The van der Waals surface area contributed by atoms with Gasteiger partial charge in [-0.05, 0) is 137 Å². The Hall–Kier alpha value is -7.93. The molecule has 0 aliphatic heterocycles. The van der Waals surface area contributed by atoms with E-state index in [1.165, 1.54) is 71.3 Å². The Morgan fingerprint density at radius 2 is 0.967 bits per heavy atom. The van der Waals surface area contributed by atoms with Crippen LogP contribution >= 0.6 is 0 Å². The SMILES string of the molecule is CC1(C)c2cc(C#N)ccc2-c2ccc(N(c3ccc(-c4c5ccccc5c(-c5cccc6ccccc56)c5ccccc45)cc3)c3ccc4oc5ccccc5c4c3)cc21. The molecule has 0 radical (unpaired) electrons. The van der Waals surface area contributed by atoms with Gasteiger partial charge >= 0.3 is 0 Å². The monoisotopic (exact) mass is 778 g/mol. The Kier molecular flexibility index (Phi) is 7.64. The zero-order chi connectivity index (χ0) is 40.8. The van der Waals surface area contributed by atoms with Crippen molar-refractivity contribution in [3.8, 4) is 39.4 Å². The zero-order valence-electron chi connectivity index (χ0n) is 33.8. The van der Waals surface area contributed by atoms with Crippen LogP contribution in [0.5, 0.6) is 0 Å². The summed E-state index contributed by atoms with van der Waals surface area (Å²) in [6.45, 7) is 4.54. The molecule has 0 unspecified atom stereocenters. The van der Waals surface area contributed by atoms with Crippen LogP contribution in [0.4, 0.5) is 17.1 Å². The third kappa shape index (κ3) is 5.29. The normalized spacial score (nSPS) is 12.9. The van der Waals surface area contributed by atoms with Crippen LogP contribution in [-0.2, 0) is 5.41 Å². The van der Waals surface area contributed by atoms with Crippen molar-refractivity contribution in [3.05, 3.63) is 211 Å². The van der Waals surface area contributed by atoms with Crippen molar-refractivity contribution >= 4 is 71.3 Å². The van der Waals surface area contributed by atoms with Crippen LogP contribution in [0, 0.1) is 11.3 Å². The van der Waals surface area contributed by atoms with E-state index in [0.717, 1.165) is 44.6 Å². The Morgan fingerprint density at radius 3 is 1.69 bits per heavy atom. The van der Waals surface area contributed by atoms with Gasteiger partial charge in [0.2, 0.25) is 0 Å². The molecule has 12 rings (SSSR count). The summed E-state index contributed by atoms with van der Waals surface area (Å²) >= 11 is 0. The summed E-state index contributed by atoms with van der Waals surface area (Å²) in [5, 5.41) is 19.4. The fourth-order valence-corrected chi connectivity index (χ4v) is 10.2. The predicted molar refractivity (Wildman–Crippen MR) is 254 cm³/mol. The van der Waals surface area contributed by atoms with Crippen molar-refractivity contribution in [2.45, 2.75) is 19.3 Å².